The lowest BCUT2D eigenvalue weighted by Gasteiger charge is -2.39. The van der Waals surface area contributed by atoms with Crippen molar-refractivity contribution in [3.63, 3.8) is 0 Å². The van der Waals surface area contributed by atoms with Crippen molar-refractivity contribution in [1.29, 1.82) is 0 Å². The third-order valence-corrected chi connectivity index (χ3v) is 5.39. The molecule has 3 rings (SSSR count). The number of carbonyl (C=O) groups is 1. The number of piperidine rings is 1. The van der Waals surface area contributed by atoms with Gasteiger partial charge < -0.3 is 5.32 Å². The van der Waals surface area contributed by atoms with Crippen molar-refractivity contribution < 1.29 is 9.18 Å². The molecule has 0 unspecified atom stereocenters. The Morgan fingerprint density at radius 2 is 2.18 bits per heavy atom. The van der Waals surface area contributed by atoms with Crippen LogP contribution in [0, 0.1) is 11.7 Å². The van der Waals surface area contributed by atoms with Crippen molar-refractivity contribution in [2.75, 3.05) is 26.2 Å². The van der Waals surface area contributed by atoms with E-state index in [-0.39, 0.29) is 23.6 Å². The van der Waals surface area contributed by atoms with Crippen LogP contribution >= 0.6 is 11.6 Å². The van der Waals surface area contributed by atoms with Crippen LogP contribution < -0.4 is 5.32 Å². The van der Waals surface area contributed by atoms with Crippen LogP contribution in [0.25, 0.3) is 0 Å². The molecule has 2 N–H and O–H groups in total. The summed E-state index contributed by atoms with van der Waals surface area (Å²) in [4.78, 5) is 14.5. The van der Waals surface area contributed by atoms with Crippen molar-refractivity contribution in [2.45, 2.75) is 25.2 Å². The number of aromatic nitrogens is 2. The number of nitrogens with one attached hydrogen (secondary N) is 2. The summed E-state index contributed by atoms with van der Waals surface area (Å²) in [6.07, 6.45) is 5.55. The van der Waals surface area contributed by atoms with Crippen molar-refractivity contribution in [2.24, 2.45) is 5.92 Å². The lowest BCUT2D eigenvalue weighted by molar-refractivity contribution is -0.121. The highest BCUT2D eigenvalue weighted by atomic mass is 35.5. The molecule has 1 amide bonds. The maximum atomic E-state index is 13.3. The second-order valence-corrected chi connectivity index (χ2v) is 7.90. The van der Waals surface area contributed by atoms with Gasteiger partial charge >= 0.3 is 0 Å². The van der Waals surface area contributed by atoms with Crippen molar-refractivity contribution in [1.82, 2.24) is 20.4 Å². The first-order chi connectivity index (χ1) is 13.5. The smallest absolute Gasteiger partial charge is 0.220 e. The molecule has 0 bridgehead atoms. The molecule has 1 fully saturated rings. The normalized spacial score (nSPS) is 20.1. The average Bonchev–Trinajstić information content (AvgIpc) is 3.19. The summed E-state index contributed by atoms with van der Waals surface area (Å²) in [5.74, 6) is 0.296. The van der Waals surface area contributed by atoms with Crippen LogP contribution in [-0.4, -0.2) is 47.2 Å². The largest absolute Gasteiger partial charge is 0.356 e. The summed E-state index contributed by atoms with van der Waals surface area (Å²) in [5, 5.41) is 10.3. The lowest BCUT2D eigenvalue weighted by Crippen LogP contribution is -2.45. The Balaban J connectivity index is 1.60. The predicted octanol–water partition coefficient (Wildman–Crippen LogP) is 3.46. The van der Waals surface area contributed by atoms with E-state index >= 15 is 0 Å². The van der Waals surface area contributed by atoms with Gasteiger partial charge in [-0.05, 0) is 54.5 Å². The molecule has 5 nitrogen and oxygen atoms in total. The minimum Gasteiger partial charge on any atom is -0.356 e. The highest BCUT2D eigenvalue weighted by Crippen LogP contribution is 2.33. The van der Waals surface area contributed by atoms with Gasteiger partial charge in [-0.3, -0.25) is 14.8 Å². The van der Waals surface area contributed by atoms with Crippen LogP contribution in [0.1, 0.15) is 29.9 Å². The molecular formula is C21H26ClFN4O. The van der Waals surface area contributed by atoms with Gasteiger partial charge in [0.2, 0.25) is 5.91 Å². The van der Waals surface area contributed by atoms with Gasteiger partial charge in [-0.25, -0.2) is 4.39 Å². The number of carbonyl (C=O) groups excluding carboxylic acids is 1. The minimum atomic E-state index is -0.233. The van der Waals surface area contributed by atoms with Gasteiger partial charge in [0, 0.05) is 37.3 Å². The van der Waals surface area contributed by atoms with Crippen molar-refractivity contribution in [3.8, 4) is 0 Å². The van der Waals surface area contributed by atoms with Crippen molar-refractivity contribution in [3.05, 3.63) is 65.2 Å². The summed E-state index contributed by atoms with van der Waals surface area (Å²) in [5.41, 5.74) is 2.13. The molecule has 7 heteroatoms. The molecule has 1 aliphatic rings. The summed E-state index contributed by atoms with van der Waals surface area (Å²) >= 11 is 5.99. The van der Waals surface area contributed by atoms with Gasteiger partial charge in [0.25, 0.3) is 0 Å². The molecule has 0 radical (unpaired) electrons. The van der Waals surface area contributed by atoms with Gasteiger partial charge in [0.15, 0.2) is 0 Å². The molecule has 0 saturated carbocycles. The standard InChI is InChI=1S/C21H26ClFN4O/c1-15(22)13-27-9-8-20(17-3-5-19(23)6-4-17)18(14-27)12-24-21(28)7-2-16-10-25-26-11-16/h3-6,10-11,18,20H,1-2,7-9,12-14H2,(H,24,28)(H,25,26)/t18-,20-/m0/s1. The number of hydrogen-bond donors (Lipinski definition) is 2. The molecule has 0 aliphatic carbocycles. The summed E-state index contributed by atoms with van der Waals surface area (Å²) < 4.78 is 13.3. The second-order valence-electron chi connectivity index (χ2n) is 7.37. The summed E-state index contributed by atoms with van der Waals surface area (Å²) in [6.45, 7) is 6.73. The Labute approximate surface area is 170 Å². The first-order valence-electron chi connectivity index (χ1n) is 9.56. The monoisotopic (exact) mass is 404 g/mol. The highest BCUT2D eigenvalue weighted by Gasteiger charge is 2.30. The fourth-order valence-corrected chi connectivity index (χ4v) is 4.02. The van der Waals surface area contributed by atoms with Crippen LogP contribution in [0.15, 0.2) is 48.3 Å². The molecule has 28 heavy (non-hydrogen) atoms. The fourth-order valence-electron chi connectivity index (χ4n) is 3.85. The fraction of sp³-hybridized carbons (Fsp3) is 0.429. The third-order valence-electron chi connectivity index (χ3n) is 5.27. The summed E-state index contributed by atoms with van der Waals surface area (Å²) in [6, 6.07) is 6.71. The van der Waals surface area contributed by atoms with E-state index in [0.29, 0.717) is 31.0 Å². The molecule has 1 aromatic carbocycles. The Kier molecular flexibility index (Phi) is 7.23. The number of aromatic amines is 1. The van der Waals surface area contributed by atoms with Gasteiger partial charge in [0.1, 0.15) is 5.82 Å². The van der Waals surface area contributed by atoms with E-state index in [9.17, 15) is 9.18 Å². The SMILES string of the molecule is C=C(Cl)CN1CC[C@@H](c2ccc(F)cc2)[C@@H](CNC(=O)CCc2cn[nH]c2)C1. The summed E-state index contributed by atoms with van der Waals surface area (Å²) in [7, 11) is 0. The second kappa shape index (κ2) is 9.85. The first-order valence-corrected chi connectivity index (χ1v) is 9.94. The number of nitrogens with zero attached hydrogens (tertiary/aromatic N) is 2. The molecule has 2 atom stereocenters. The predicted molar refractivity (Wildman–Crippen MR) is 109 cm³/mol. The van der Waals surface area contributed by atoms with Crippen molar-refractivity contribution >= 4 is 17.5 Å². The molecule has 1 aliphatic heterocycles. The van der Waals surface area contributed by atoms with E-state index in [1.165, 1.54) is 12.1 Å². The van der Waals surface area contributed by atoms with Crippen LogP contribution in [0.3, 0.4) is 0 Å². The number of hydrogen-bond acceptors (Lipinski definition) is 3. The minimum absolute atomic E-state index is 0.0259. The Morgan fingerprint density at radius 1 is 1.39 bits per heavy atom. The molecular weight excluding hydrogens is 379 g/mol. The zero-order chi connectivity index (χ0) is 19.9. The van der Waals surface area contributed by atoms with Gasteiger partial charge in [-0.15, -0.1) is 0 Å². The van der Waals surface area contributed by atoms with Crippen LogP contribution in [-0.2, 0) is 11.2 Å². The number of H-pyrrole nitrogens is 1. The van der Waals surface area contributed by atoms with Crippen LogP contribution in [0.4, 0.5) is 4.39 Å². The van der Waals surface area contributed by atoms with Gasteiger partial charge in [-0.1, -0.05) is 30.3 Å². The highest BCUT2D eigenvalue weighted by molar-refractivity contribution is 6.29. The number of likely N-dealkylation sites (tertiary alicyclic amines) is 1. The number of benzene rings is 1. The average molecular weight is 405 g/mol. The van der Waals surface area contributed by atoms with E-state index in [1.54, 1.807) is 12.4 Å². The molecule has 150 valence electrons. The first kappa shape index (κ1) is 20.6. The number of halogens is 2. The molecule has 1 saturated heterocycles. The topological polar surface area (TPSA) is 61.0 Å². The van der Waals surface area contributed by atoms with Gasteiger partial charge in [0.05, 0.1) is 6.20 Å². The van der Waals surface area contributed by atoms with Crippen LogP contribution in [0.5, 0.6) is 0 Å². The Morgan fingerprint density at radius 3 is 2.86 bits per heavy atom. The Bertz CT molecular complexity index is 778. The van der Waals surface area contributed by atoms with E-state index in [0.717, 1.165) is 30.6 Å². The third kappa shape index (κ3) is 5.91. The molecule has 2 heterocycles. The maximum Gasteiger partial charge on any atom is 0.220 e. The van der Waals surface area contributed by atoms with Crippen LogP contribution in [0.2, 0.25) is 0 Å². The quantitative estimate of drug-likeness (QED) is 0.708. The zero-order valence-corrected chi connectivity index (χ0v) is 16.6. The zero-order valence-electron chi connectivity index (χ0n) is 15.8. The van der Waals surface area contributed by atoms with E-state index < -0.39 is 0 Å². The molecule has 1 aromatic heterocycles. The number of rotatable bonds is 8. The Hall–Kier alpha value is -2.18. The lowest BCUT2D eigenvalue weighted by atomic mass is 9.80. The van der Waals surface area contributed by atoms with E-state index in [2.05, 4.69) is 27.0 Å². The van der Waals surface area contributed by atoms with E-state index in [1.807, 2.05) is 12.1 Å². The van der Waals surface area contributed by atoms with E-state index in [4.69, 9.17) is 11.6 Å². The van der Waals surface area contributed by atoms with Gasteiger partial charge in [-0.2, -0.15) is 5.10 Å². The number of aryl methyl sites for hydroxylation is 1. The maximum absolute atomic E-state index is 13.3. The number of amides is 1. The molecule has 0 spiro atoms. The molecule has 2 aromatic rings.